The first-order chi connectivity index (χ1) is 6.31. The number of rotatable bonds is 9. The highest BCUT2D eigenvalue weighted by atomic mass is 16.5. The van der Waals surface area contributed by atoms with Crippen molar-refractivity contribution < 1.29 is 9.47 Å². The third-order valence-electron chi connectivity index (χ3n) is 1.95. The standard InChI is InChI=1S/C11H23O2/c1-4-6-8-12-9-7-10-13-11(3)5-2/h7,11H,4-6,8-10H2,1-3H3. The Bertz CT molecular complexity index is 94.1. The summed E-state index contributed by atoms with van der Waals surface area (Å²) >= 11 is 0. The van der Waals surface area contributed by atoms with E-state index in [1.165, 1.54) is 6.42 Å². The first-order valence-corrected chi connectivity index (χ1v) is 5.32. The van der Waals surface area contributed by atoms with Crippen LogP contribution in [0.25, 0.3) is 0 Å². The lowest BCUT2D eigenvalue weighted by Gasteiger charge is -2.09. The van der Waals surface area contributed by atoms with Crippen LogP contribution in [0.1, 0.15) is 40.0 Å². The Balaban J connectivity index is 2.91. The van der Waals surface area contributed by atoms with Crippen LogP contribution in [-0.2, 0) is 9.47 Å². The lowest BCUT2D eigenvalue weighted by atomic mass is 10.3. The smallest absolute Gasteiger partial charge is 0.0544 e. The number of ether oxygens (including phenoxy) is 2. The van der Waals surface area contributed by atoms with E-state index in [4.69, 9.17) is 9.47 Å². The summed E-state index contributed by atoms with van der Waals surface area (Å²) in [7, 11) is 0. The van der Waals surface area contributed by atoms with Gasteiger partial charge in [0.1, 0.15) is 0 Å². The molecule has 0 aliphatic rings. The van der Waals surface area contributed by atoms with Crippen LogP contribution in [0.3, 0.4) is 0 Å². The molecule has 13 heavy (non-hydrogen) atoms. The van der Waals surface area contributed by atoms with Gasteiger partial charge in [0, 0.05) is 13.0 Å². The molecule has 0 heterocycles. The van der Waals surface area contributed by atoms with Crippen molar-refractivity contribution in [1.82, 2.24) is 0 Å². The zero-order chi connectivity index (χ0) is 9.94. The van der Waals surface area contributed by atoms with Gasteiger partial charge in [-0.1, -0.05) is 20.3 Å². The van der Waals surface area contributed by atoms with E-state index >= 15 is 0 Å². The van der Waals surface area contributed by atoms with Gasteiger partial charge in [-0.2, -0.15) is 0 Å². The SMILES string of the molecule is CCCCOC[CH]COC(C)CC. The molecule has 1 unspecified atom stereocenters. The maximum Gasteiger partial charge on any atom is 0.0544 e. The van der Waals surface area contributed by atoms with Gasteiger partial charge in [-0.15, -0.1) is 0 Å². The molecule has 0 fully saturated rings. The van der Waals surface area contributed by atoms with Crippen LogP contribution in [0.4, 0.5) is 0 Å². The van der Waals surface area contributed by atoms with Crippen molar-refractivity contribution in [1.29, 1.82) is 0 Å². The molecule has 0 saturated carbocycles. The third kappa shape index (κ3) is 9.84. The molecule has 0 N–H and O–H groups in total. The second kappa shape index (κ2) is 10.0. The van der Waals surface area contributed by atoms with E-state index < -0.39 is 0 Å². The summed E-state index contributed by atoms with van der Waals surface area (Å²) in [4.78, 5) is 0. The number of unbranched alkanes of at least 4 members (excludes halogenated alkanes) is 1. The predicted molar refractivity (Wildman–Crippen MR) is 55.7 cm³/mol. The monoisotopic (exact) mass is 187 g/mol. The molecule has 0 aromatic heterocycles. The summed E-state index contributed by atoms with van der Waals surface area (Å²) in [5.74, 6) is 0. The first-order valence-electron chi connectivity index (χ1n) is 5.32. The van der Waals surface area contributed by atoms with Crippen molar-refractivity contribution in [2.45, 2.75) is 46.1 Å². The van der Waals surface area contributed by atoms with Crippen molar-refractivity contribution in [3.63, 3.8) is 0 Å². The Hall–Kier alpha value is -0.0800. The van der Waals surface area contributed by atoms with Gasteiger partial charge in [-0.25, -0.2) is 0 Å². The minimum Gasteiger partial charge on any atom is -0.381 e. The van der Waals surface area contributed by atoms with Crippen LogP contribution in [0.15, 0.2) is 0 Å². The number of hydrogen-bond acceptors (Lipinski definition) is 2. The molecule has 1 atom stereocenters. The Morgan fingerprint density at radius 1 is 1.23 bits per heavy atom. The summed E-state index contributed by atoms with van der Waals surface area (Å²) < 4.78 is 10.8. The Morgan fingerprint density at radius 3 is 2.62 bits per heavy atom. The zero-order valence-corrected chi connectivity index (χ0v) is 9.21. The zero-order valence-electron chi connectivity index (χ0n) is 9.21. The fourth-order valence-electron chi connectivity index (χ4n) is 0.811. The van der Waals surface area contributed by atoms with Crippen molar-refractivity contribution in [3.8, 4) is 0 Å². The van der Waals surface area contributed by atoms with E-state index in [1.54, 1.807) is 0 Å². The second-order valence-electron chi connectivity index (χ2n) is 3.27. The topological polar surface area (TPSA) is 18.5 Å². The largest absolute Gasteiger partial charge is 0.381 e. The highest BCUT2D eigenvalue weighted by molar-refractivity contribution is 4.62. The van der Waals surface area contributed by atoms with Gasteiger partial charge in [0.15, 0.2) is 0 Å². The van der Waals surface area contributed by atoms with Crippen molar-refractivity contribution >= 4 is 0 Å². The van der Waals surface area contributed by atoms with Gasteiger partial charge in [0.25, 0.3) is 0 Å². The average molecular weight is 187 g/mol. The molecular weight excluding hydrogens is 164 g/mol. The molecule has 1 radical (unpaired) electrons. The third-order valence-corrected chi connectivity index (χ3v) is 1.95. The second-order valence-corrected chi connectivity index (χ2v) is 3.27. The van der Waals surface area contributed by atoms with Crippen LogP contribution in [0.2, 0.25) is 0 Å². The molecule has 2 nitrogen and oxygen atoms in total. The van der Waals surface area contributed by atoms with Crippen LogP contribution >= 0.6 is 0 Å². The van der Waals surface area contributed by atoms with Gasteiger partial charge in [0.2, 0.25) is 0 Å². The molecule has 0 amide bonds. The van der Waals surface area contributed by atoms with Crippen molar-refractivity contribution in [2.24, 2.45) is 0 Å². The summed E-state index contributed by atoms with van der Waals surface area (Å²) in [5.41, 5.74) is 0. The fourth-order valence-corrected chi connectivity index (χ4v) is 0.811. The van der Waals surface area contributed by atoms with Crippen LogP contribution in [0.5, 0.6) is 0 Å². The molecule has 2 heteroatoms. The maximum absolute atomic E-state index is 5.46. The van der Waals surface area contributed by atoms with Crippen molar-refractivity contribution in [2.75, 3.05) is 19.8 Å². The van der Waals surface area contributed by atoms with E-state index in [1.807, 2.05) is 6.42 Å². The van der Waals surface area contributed by atoms with Gasteiger partial charge in [0.05, 0.1) is 19.3 Å². The van der Waals surface area contributed by atoms with Gasteiger partial charge in [-0.05, 0) is 19.8 Å². The lowest BCUT2D eigenvalue weighted by molar-refractivity contribution is 0.0655. The molecule has 0 aliphatic carbocycles. The number of hydrogen-bond donors (Lipinski definition) is 0. The summed E-state index contributed by atoms with van der Waals surface area (Å²) in [6.07, 6.45) is 5.84. The predicted octanol–water partition coefficient (Wildman–Crippen LogP) is 2.82. The molecule has 0 rings (SSSR count). The Kier molecular flexibility index (Phi) is 9.94. The Morgan fingerprint density at radius 2 is 2.00 bits per heavy atom. The lowest BCUT2D eigenvalue weighted by Crippen LogP contribution is -2.10. The molecular formula is C11H23O2. The van der Waals surface area contributed by atoms with Crippen LogP contribution < -0.4 is 0 Å². The molecule has 0 aliphatic heterocycles. The quantitative estimate of drug-likeness (QED) is 0.517. The minimum absolute atomic E-state index is 0.367. The van der Waals surface area contributed by atoms with E-state index in [0.29, 0.717) is 12.7 Å². The normalized spacial score (nSPS) is 13.2. The molecule has 0 spiro atoms. The molecule has 79 valence electrons. The molecule has 0 aromatic carbocycles. The summed E-state index contributed by atoms with van der Waals surface area (Å²) in [6.45, 7) is 8.68. The highest BCUT2D eigenvalue weighted by Gasteiger charge is 1.97. The van der Waals surface area contributed by atoms with Gasteiger partial charge < -0.3 is 9.47 Å². The minimum atomic E-state index is 0.367. The van der Waals surface area contributed by atoms with E-state index in [2.05, 4.69) is 20.8 Å². The van der Waals surface area contributed by atoms with E-state index in [0.717, 1.165) is 26.1 Å². The Labute approximate surface area is 82.6 Å². The first kappa shape index (κ1) is 12.9. The van der Waals surface area contributed by atoms with E-state index in [9.17, 15) is 0 Å². The van der Waals surface area contributed by atoms with Crippen LogP contribution in [-0.4, -0.2) is 25.9 Å². The highest BCUT2D eigenvalue weighted by Crippen LogP contribution is 1.96. The molecule has 0 aromatic rings. The summed E-state index contributed by atoms with van der Waals surface area (Å²) in [6, 6.07) is 0. The summed E-state index contributed by atoms with van der Waals surface area (Å²) in [5, 5.41) is 0. The van der Waals surface area contributed by atoms with Gasteiger partial charge >= 0.3 is 0 Å². The fraction of sp³-hybridized carbons (Fsp3) is 0.909. The van der Waals surface area contributed by atoms with Gasteiger partial charge in [-0.3, -0.25) is 0 Å². The van der Waals surface area contributed by atoms with Crippen molar-refractivity contribution in [3.05, 3.63) is 6.42 Å². The molecule has 0 bridgehead atoms. The average Bonchev–Trinajstić information content (AvgIpc) is 2.16. The van der Waals surface area contributed by atoms with E-state index in [-0.39, 0.29) is 0 Å². The maximum atomic E-state index is 5.46. The van der Waals surface area contributed by atoms with Crippen LogP contribution in [0, 0.1) is 6.42 Å². The molecule has 0 saturated heterocycles.